The maximum Gasteiger partial charge on any atom is 0.352 e. The lowest BCUT2D eigenvalue weighted by Crippen LogP contribution is -2.10. The summed E-state index contributed by atoms with van der Waals surface area (Å²) >= 11 is 0. The number of hydrogen-bond donors (Lipinski definition) is 1. The average molecular weight is 282 g/mol. The smallest absolute Gasteiger partial charge is 0.352 e. The highest BCUT2D eigenvalue weighted by Crippen LogP contribution is 2.28. The largest absolute Gasteiger partial charge is 0.473 e. The van der Waals surface area contributed by atoms with Gasteiger partial charge in [-0.3, -0.25) is 10.1 Å². The lowest BCUT2D eigenvalue weighted by atomic mass is 10.1. The minimum Gasteiger partial charge on any atom is -0.473 e. The Kier molecular flexibility index (Phi) is 6.14. The second kappa shape index (κ2) is 7.62. The molecule has 1 heterocycles. The number of ether oxygens (including phenoxy) is 1. The van der Waals surface area contributed by atoms with Gasteiger partial charge in [0.1, 0.15) is 5.69 Å². The Balaban J connectivity index is 2.86. The quantitative estimate of drug-likeness (QED) is 0.448. The van der Waals surface area contributed by atoms with Crippen molar-refractivity contribution in [3.05, 3.63) is 15.8 Å². The van der Waals surface area contributed by atoms with Gasteiger partial charge in [0.25, 0.3) is 5.88 Å². The van der Waals surface area contributed by atoms with E-state index in [2.05, 4.69) is 29.1 Å². The molecule has 7 nitrogen and oxygen atoms in total. The van der Waals surface area contributed by atoms with Gasteiger partial charge in [0.2, 0.25) is 5.95 Å². The summed E-state index contributed by atoms with van der Waals surface area (Å²) in [7, 11) is 0. The molecule has 1 aromatic rings. The molecular weight excluding hydrogens is 260 g/mol. The van der Waals surface area contributed by atoms with Crippen molar-refractivity contribution in [3.8, 4) is 5.88 Å². The molecule has 0 aliphatic rings. The standard InChI is InChI=1S/C13H22N4O3/c1-5-14-13-15-10(4)11(17(18)19)12(16-13)20-8-6-7-9(2)3/h9H,5-8H2,1-4H3,(H,14,15,16). The van der Waals surface area contributed by atoms with Crippen LogP contribution in [0.4, 0.5) is 11.6 Å². The summed E-state index contributed by atoms with van der Waals surface area (Å²) < 4.78 is 5.48. The van der Waals surface area contributed by atoms with Gasteiger partial charge in [0.15, 0.2) is 0 Å². The third kappa shape index (κ3) is 4.64. The minimum atomic E-state index is -0.497. The van der Waals surface area contributed by atoms with Crippen LogP contribution in [0.3, 0.4) is 0 Å². The van der Waals surface area contributed by atoms with E-state index in [0.29, 0.717) is 30.7 Å². The van der Waals surface area contributed by atoms with Crippen molar-refractivity contribution in [1.82, 2.24) is 9.97 Å². The molecule has 0 saturated heterocycles. The van der Waals surface area contributed by atoms with E-state index in [1.165, 1.54) is 0 Å². The van der Waals surface area contributed by atoms with Crippen molar-refractivity contribution in [3.63, 3.8) is 0 Å². The first-order chi connectivity index (χ1) is 9.45. The van der Waals surface area contributed by atoms with Crippen molar-refractivity contribution in [2.45, 2.75) is 40.5 Å². The summed E-state index contributed by atoms with van der Waals surface area (Å²) in [5, 5.41) is 14.0. The molecule has 0 spiro atoms. The van der Waals surface area contributed by atoms with Gasteiger partial charge in [0, 0.05) is 6.54 Å². The van der Waals surface area contributed by atoms with Gasteiger partial charge < -0.3 is 10.1 Å². The van der Waals surface area contributed by atoms with Crippen molar-refractivity contribution >= 4 is 11.6 Å². The zero-order valence-electron chi connectivity index (χ0n) is 12.5. The van der Waals surface area contributed by atoms with Gasteiger partial charge in [-0.2, -0.15) is 4.98 Å². The number of hydrogen-bond acceptors (Lipinski definition) is 6. The molecule has 0 amide bonds. The molecule has 0 aliphatic heterocycles. The molecule has 20 heavy (non-hydrogen) atoms. The lowest BCUT2D eigenvalue weighted by molar-refractivity contribution is -0.387. The van der Waals surface area contributed by atoms with E-state index in [1.54, 1.807) is 6.92 Å². The Bertz CT molecular complexity index is 463. The van der Waals surface area contributed by atoms with Crippen LogP contribution in [0.5, 0.6) is 5.88 Å². The Morgan fingerprint density at radius 1 is 1.40 bits per heavy atom. The van der Waals surface area contributed by atoms with Gasteiger partial charge in [-0.05, 0) is 32.6 Å². The number of aromatic nitrogens is 2. The van der Waals surface area contributed by atoms with Crippen LogP contribution in [0.1, 0.15) is 39.3 Å². The summed E-state index contributed by atoms with van der Waals surface area (Å²) in [5.41, 5.74) is 0.149. The van der Waals surface area contributed by atoms with Gasteiger partial charge in [0.05, 0.1) is 11.5 Å². The highest BCUT2D eigenvalue weighted by molar-refractivity contribution is 5.48. The second-order valence-electron chi connectivity index (χ2n) is 4.96. The number of nitrogens with one attached hydrogen (secondary N) is 1. The SMILES string of the molecule is CCNc1nc(C)c([N+](=O)[O-])c(OCCCC(C)C)n1. The topological polar surface area (TPSA) is 90.2 Å². The highest BCUT2D eigenvalue weighted by atomic mass is 16.6. The van der Waals surface area contributed by atoms with Crippen LogP contribution in [0.25, 0.3) is 0 Å². The molecule has 0 bridgehead atoms. The summed E-state index contributed by atoms with van der Waals surface area (Å²) in [6.07, 6.45) is 1.85. The molecule has 0 radical (unpaired) electrons. The molecule has 0 unspecified atom stereocenters. The van der Waals surface area contributed by atoms with Crippen LogP contribution in [-0.2, 0) is 0 Å². The zero-order valence-corrected chi connectivity index (χ0v) is 12.5. The molecule has 0 aromatic carbocycles. The van der Waals surface area contributed by atoms with Crippen LogP contribution in [0.2, 0.25) is 0 Å². The van der Waals surface area contributed by atoms with Crippen molar-refractivity contribution in [2.75, 3.05) is 18.5 Å². The fraction of sp³-hybridized carbons (Fsp3) is 0.692. The molecule has 0 aliphatic carbocycles. The molecule has 0 saturated carbocycles. The summed E-state index contributed by atoms with van der Waals surface area (Å²) in [4.78, 5) is 18.7. The van der Waals surface area contributed by atoms with Crippen LogP contribution < -0.4 is 10.1 Å². The number of rotatable bonds is 8. The van der Waals surface area contributed by atoms with Crippen LogP contribution in [0.15, 0.2) is 0 Å². The first-order valence-electron chi connectivity index (χ1n) is 6.85. The predicted molar refractivity (Wildman–Crippen MR) is 77.2 cm³/mol. The summed E-state index contributed by atoms with van der Waals surface area (Å²) in [6.45, 7) is 8.80. The molecule has 1 rings (SSSR count). The number of nitrogens with zero attached hydrogens (tertiary/aromatic N) is 3. The fourth-order valence-corrected chi connectivity index (χ4v) is 1.75. The van der Waals surface area contributed by atoms with Crippen molar-refractivity contribution in [2.24, 2.45) is 5.92 Å². The predicted octanol–water partition coefficient (Wildman–Crippen LogP) is 2.94. The van der Waals surface area contributed by atoms with Gasteiger partial charge in [-0.15, -0.1) is 0 Å². The van der Waals surface area contributed by atoms with E-state index in [-0.39, 0.29) is 11.6 Å². The molecular formula is C13H22N4O3. The Morgan fingerprint density at radius 3 is 2.65 bits per heavy atom. The molecule has 0 fully saturated rings. The Hall–Kier alpha value is -1.92. The van der Waals surface area contributed by atoms with E-state index >= 15 is 0 Å². The van der Waals surface area contributed by atoms with Gasteiger partial charge in [-0.1, -0.05) is 13.8 Å². The normalized spacial score (nSPS) is 10.7. The number of anilines is 1. The van der Waals surface area contributed by atoms with E-state index in [4.69, 9.17) is 4.74 Å². The Labute approximate surface area is 118 Å². The van der Waals surface area contributed by atoms with E-state index in [9.17, 15) is 10.1 Å². The van der Waals surface area contributed by atoms with E-state index in [1.807, 2.05) is 6.92 Å². The monoisotopic (exact) mass is 282 g/mol. The van der Waals surface area contributed by atoms with Crippen molar-refractivity contribution < 1.29 is 9.66 Å². The fourth-order valence-electron chi connectivity index (χ4n) is 1.75. The Morgan fingerprint density at radius 2 is 2.10 bits per heavy atom. The first kappa shape index (κ1) is 16.1. The minimum absolute atomic E-state index is 0.0437. The van der Waals surface area contributed by atoms with Gasteiger partial charge in [-0.25, -0.2) is 4.98 Å². The summed E-state index contributed by atoms with van der Waals surface area (Å²) in [6, 6.07) is 0. The third-order valence-electron chi connectivity index (χ3n) is 2.71. The average Bonchev–Trinajstić information content (AvgIpc) is 2.33. The van der Waals surface area contributed by atoms with Crippen LogP contribution >= 0.6 is 0 Å². The molecule has 1 N–H and O–H groups in total. The van der Waals surface area contributed by atoms with E-state index in [0.717, 1.165) is 12.8 Å². The number of aryl methyl sites for hydroxylation is 1. The second-order valence-corrected chi connectivity index (χ2v) is 4.96. The van der Waals surface area contributed by atoms with Crippen molar-refractivity contribution in [1.29, 1.82) is 0 Å². The van der Waals surface area contributed by atoms with Gasteiger partial charge >= 0.3 is 5.69 Å². The molecule has 7 heteroatoms. The lowest BCUT2D eigenvalue weighted by Gasteiger charge is -2.10. The third-order valence-corrected chi connectivity index (χ3v) is 2.71. The maximum atomic E-state index is 11.1. The number of nitro groups is 1. The van der Waals surface area contributed by atoms with Crippen LogP contribution in [0, 0.1) is 23.0 Å². The summed E-state index contributed by atoms with van der Waals surface area (Å²) in [5.74, 6) is 0.981. The zero-order chi connectivity index (χ0) is 15.1. The molecule has 112 valence electrons. The van der Waals surface area contributed by atoms with E-state index < -0.39 is 4.92 Å². The molecule has 0 atom stereocenters. The molecule has 1 aromatic heterocycles. The highest BCUT2D eigenvalue weighted by Gasteiger charge is 2.23. The van der Waals surface area contributed by atoms with Crippen LogP contribution in [-0.4, -0.2) is 28.0 Å². The maximum absolute atomic E-state index is 11.1. The first-order valence-corrected chi connectivity index (χ1v) is 6.85.